The molecule has 176 valence electrons. The zero-order valence-electron chi connectivity index (χ0n) is 17.8. The summed E-state index contributed by atoms with van der Waals surface area (Å²) in [5.74, 6) is -0.963. The monoisotopic (exact) mass is 487 g/mol. The van der Waals surface area contributed by atoms with E-state index in [0.29, 0.717) is 16.1 Å². The summed E-state index contributed by atoms with van der Waals surface area (Å²) in [5, 5.41) is 4.57. The highest BCUT2D eigenvalue weighted by Gasteiger charge is 2.31. The molecule has 1 aliphatic rings. The van der Waals surface area contributed by atoms with E-state index >= 15 is 0 Å². The van der Waals surface area contributed by atoms with Gasteiger partial charge in [-0.25, -0.2) is 0 Å². The van der Waals surface area contributed by atoms with Gasteiger partial charge in [-0.15, -0.1) is 11.3 Å². The summed E-state index contributed by atoms with van der Waals surface area (Å²) in [6.45, 7) is 1.02. The highest BCUT2D eigenvalue weighted by atomic mass is 32.1. The number of halogens is 3. The number of piperazine rings is 1. The number of benzene rings is 2. The SMILES string of the molecule is O=C(Nc1ccccc1C(=O)N1CCN(C(=O)c2ccc(C(F)(F)F)cc2)CC1)c1cccs1. The molecule has 0 saturated carbocycles. The minimum absolute atomic E-state index is 0.161. The third-order valence-electron chi connectivity index (χ3n) is 5.46. The molecule has 0 bridgehead atoms. The molecule has 2 aromatic carbocycles. The summed E-state index contributed by atoms with van der Waals surface area (Å²) in [6, 6.07) is 14.3. The van der Waals surface area contributed by atoms with Crippen LogP contribution in [0.5, 0.6) is 0 Å². The van der Waals surface area contributed by atoms with Crippen LogP contribution in [0.25, 0.3) is 0 Å². The summed E-state index contributed by atoms with van der Waals surface area (Å²) in [6.07, 6.45) is -4.47. The number of carbonyl (C=O) groups is 3. The first kappa shape index (κ1) is 23.5. The van der Waals surface area contributed by atoms with Crippen molar-refractivity contribution in [3.8, 4) is 0 Å². The molecule has 0 unspecified atom stereocenters. The average molecular weight is 488 g/mol. The van der Waals surface area contributed by atoms with Gasteiger partial charge in [0.15, 0.2) is 0 Å². The molecule has 3 amide bonds. The number of nitrogens with one attached hydrogen (secondary N) is 1. The minimum atomic E-state index is -4.47. The summed E-state index contributed by atoms with van der Waals surface area (Å²) >= 11 is 1.30. The number of anilines is 1. The fraction of sp³-hybridized carbons (Fsp3) is 0.208. The van der Waals surface area contributed by atoms with E-state index in [1.807, 2.05) is 0 Å². The summed E-state index contributed by atoms with van der Waals surface area (Å²) in [5.41, 5.74) is 0.0859. The predicted molar refractivity (Wildman–Crippen MR) is 122 cm³/mol. The second-order valence-corrected chi connectivity index (χ2v) is 8.58. The van der Waals surface area contributed by atoms with Crippen LogP contribution in [0, 0.1) is 0 Å². The smallest absolute Gasteiger partial charge is 0.335 e. The van der Waals surface area contributed by atoms with Crippen molar-refractivity contribution in [2.45, 2.75) is 6.18 Å². The third kappa shape index (κ3) is 5.12. The number of nitrogens with zero attached hydrogens (tertiary/aromatic N) is 2. The molecule has 1 N–H and O–H groups in total. The lowest BCUT2D eigenvalue weighted by atomic mass is 10.1. The van der Waals surface area contributed by atoms with Gasteiger partial charge in [0.2, 0.25) is 0 Å². The Bertz CT molecular complexity index is 1190. The number of alkyl halides is 3. The predicted octanol–water partition coefficient (Wildman–Crippen LogP) is 4.62. The lowest BCUT2D eigenvalue weighted by molar-refractivity contribution is -0.137. The highest BCUT2D eigenvalue weighted by molar-refractivity contribution is 7.12. The van der Waals surface area contributed by atoms with Crippen LogP contribution in [-0.2, 0) is 6.18 Å². The van der Waals surface area contributed by atoms with Crippen molar-refractivity contribution in [2.75, 3.05) is 31.5 Å². The fourth-order valence-corrected chi connectivity index (χ4v) is 4.26. The van der Waals surface area contributed by atoms with E-state index in [1.165, 1.54) is 16.2 Å². The highest BCUT2D eigenvalue weighted by Crippen LogP contribution is 2.29. The Morgan fingerprint density at radius 3 is 2.00 bits per heavy atom. The number of hydrogen-bond donors (Lipinski definition) is 1. The van der Waals surface area contributed by atoms with Crippen LogP contribution in [0.15, 0.2) is 66.0 Å². The maximum atomic E-state index is 13.1. The third-order valence-corrected chi connectivity index (χ3v) is 6.33. The van der Waals surface area contributed by atoms with Crippen LogP contribution >= 0.6 is 11.3 Å². The van der Waals surface area contributed by atoms with Crippen molar-refractivity contribution in [3.05, 3.63) is 87.6 Å². The van der Waals surface area contributed by atoms with E-state index in [9.17, 15) is 27.6 Å². The molecule has 3 aromatic rings. The molecule has 0 atom stereocenters. The van der Waals surface area contributed by atoms with Crippen LogP contribution in [0.3, 0.4) is 0 Å². The van der Waals surface area contributed by atoms with Gasteiger partial charge in [0, 0.05) is 31.7 Å². The normalized spacial score (nSPS) is 14.1. The van der Waals surface area contributed by atoms with Crippen molar-refractivity contribution in [1.82, 2.24) is 9.80 Å². The van der Waals surface area contributed by atoms with Gasteiger partial charge < -0.3 is 15.1 Å². The molecule has 10 heteroatoms. The molecule has 0 aliphatic carbocycles. The molecule has 4 rings (SSSR count). The fourth-order valence-electron chi connectivity index (χ4n) is 3.64. The van der Waals surface area contributed by atoms with Crippen molar-refractivity contribution < 1.29 is 27.6 Å². The van der Waals surface area contributed by atoms with Crippen molar-refractivity contribution in [3.63, 3.8) is 0 Å². The standard InChI is InChI=1S/C24H20F3N3O3S/c25-24(26,27)17-9-7-16(8-10-17)22(32)29-11-13-30(14-12-29)23(33)18-4-1-2-5-19(18)28-21(31)20-6-3-15-34-20/h1-10,15H,11-14H2,(H,28,31). The lowest BCUT2D eigenvalue weighted by Gasteiger charge is -2.35. The first-order valence-corrected chi connectivity index (χ1v) is 11.3. The number of rotatable bonds is 4. The molecule has 0 spiro atoms. The number of carbonyl (C=O) groups excluding carboxylic acids is 3. The molecular weight excluding hydrogens is 467 g/mol. The van der Waals surface area contributed by atoms with E-state index in [4.69, 9.17) is 0 Å². The van der Waals surface area contributed by atoms with Gasteiger partial charge in [0.25, 0.3) is 17.7 Å². The van der Waals surface area contributed by atoms with Gasteiger partial charge >= 0.3 is 6.18 Å². The summed E-state index contributed by atoms with van der Waals surface area (Å²) in [7, 11) is 0. The maximum absolute atomic E-state index is 13.1. The van der Waals surface area contributed by atoms with Crippen LogP contribution in [0.2, 0.25) is 0 Å². The second-order valence-electron chi connectivity index (χ2n) is 7.64. The molecule has 0 radical (unpaired) electrons. The van der Waals surface area contributed by atoms with Gasteiger partial charge in [-0.3, -0.25) is 14.4 Å². The Morgan fingerprint density at radius 1 is 0.794 bits per heavy atom. The van der Waals surface area contributed by atoms with Crippen LogP contribution < -0.4 is 5.32 Å². The van der Waals surface area contributed by atoms with E-state index < -0.39 is 11.7 Å². The quantitative estimate of drug-likeness (QED) is 0.584. The van der Waals surface area contributed by atoms with Crippen LogP contribution in [-0.4, -0.2) is 53.7 Å². The number of thiophene rings is 1. The molecule has 34 heavy (non-hydrogen) atoms. The Hall–Kier alpha value is -3.66. The van der Waals surface area contributed by atoms with E-state index in [-0.39, 0.29) is 49.5 Å². The summed E-state index contributed by atoms with van der Waals surface area (Å²) < 4.78 is 38.2. The number of hydrogen-bond acceptors (Lipinski definition) is 4. The van der Waals surface area contributed by atoms with Gasteiger partial charge in [0.05, 0.1) is 21.7 Å². The lowest BCUT2D eigenvalue weighted by Crippen LogP contribution is -2.50. The van der Waals surface area contributed by atoms with Gasteiger partial charge in [-0.2, -0.15) is 13.2 Å². The van der Waals surface area contributed by atoms with E-state index in [1.54, 1.807) is 46.7 Å². The molecular formula is C24H20F3N3O3S. The van der Waals surface area contributed by atoms with Crippen molar-refractivity contribution >= 4 is 34.7 Å². The largest absolute Gasteiger partial charge is 0.416 e. The molecule has 6 nitrogen and oxygen atoms in total. The van der Waals surface area contributed by atoms with Crippen LogP contribution in [0.1, 0.15) is 36.0 Å². The minimum Gasteiger partial charge on any atom is -0.335 e. The Labute approximate surface area is 197 Å². The molecule has 2 heterocycles. The maximum Gasteiger partial charge on any atom is 0.416 e. The van der Waals surface area contributed by atoms with Crippen LogP contribution in [0.4, 0.5) is 18.9 Å². The van der Waals surface area contributed by atoms with E-state index in [0.717, 1.165) is 24.3 Å². The van der Waals surface area contributed by atoms with Gasteiger partial charge in [-0.1, -0.05) is 18.2 Å². The number of para-hydroxylation sites is 1. The molecule has 1 fully saturated rings. The van der Waals surface area contributed by atoms with Gasteiger partial charge in [0.1, 0.15) is 0 Å². The first-order valence-electron chi connectivity index (χ1n) is 10.4. The zero-order valence-corrected chi connectivity index (χ0v) is 18.7. The second kappa shape index (κ2) is 9.68. The van der Waals surface area contributed by atoms with Gasteiger partial charge in [-0.05, 0) is 47.8 Å². The number of amides is 3. The molecule has 1 saturated heterocycles. The van der Waals surface area contributed by atoms with E-state index in [2.05, 4.69) is 5.32 Å². The molecule has 1 aliphatic heterocycles. The topological polar surface area (TPSA) is 69.7 Å². The van der Waals surface area contributed by atoms with Crippen molar-refractivity contribution in [2.24, 2.45) is 0 Å². The Morgan fingerprint density at radius 2 is 1.41 bits per heavy atom. The first-order chi connectivity index (χ1) is 16.2. The zero-order chi connectivity index (χ0) is 24.3. The Kier molecular flexibility index (Phi) is 6.69. The van der Waals surface area contributed by atoms with Crippen molar-refractivity contribution in [1.29, 1.82) is 0 Å². The average Bonchev–Trinajstić information content (AvgIpc) is 3.38. The Balaban J connectivity index is 1.39. The summed E-state index contributed by atoms with van der Waals surface area (Å²) in [4.78, 5) is 41.9. The molecule has 1 aromatic heterocycles.